The number of benzene rings is 1. The van der Waals surface area contributed by atoms with Crippen molar-refractivity contribution in [2.45, 2.75) is 84.0 Å². The van der Waals surface area contributed by atoms with Gasteiger partial charge in [-0.15, -0.1) is 0 Å². The van der Waals surface area contributed by atoms with E-state index >= 15 is 0 Å². The van der Waals surface area contributed by atoms with E-state index in [2.05, 4.69) is 22.8 Å². The summed E-state index contributed by atoms with van der Waals surface area (Å²) in [5.41, 5.74) is 3.16. The van der Waals surface area contributed by atoms with Gasteiger partial charge in [-0.3, -0.25) is 9.59 Å². The Labute approximate surface area is 193 Å². The lowest BCUT2D eigenvalue weighted by atomic mass is 10.1. The van der Waals surface area contributed by atoms with Crippen LogP contribution in [0.3, 0.4) is 0 Å². The Morgan fingerprint density at radius 2 is 1.44 bits per heavy atom. The molecular weight excluding hydrogens is 406 g/mol. The number of hydrogen-bond acceptors (Lipinski definition) is 5. The Morgan fingerprint density at radius 3 is 2.03 bits per heavy atom. The van der Waals surface area contributed by atoms with E-state index in [0.717, 1.165) is 18.4 Å². The number of carbonyl (C=O) groups is 2. The van der Waals surface area contributed by atoms with Crippen LogP contribution in [0.1, 0.15) is 89.5 Å². The smallest absolute Gasteiger partial charge is 0.259 e. The molecule has 0 fully saturated rings. The Balaban J connectivity index is 2.07. The zero-order chi connectivity index (χ0) is 23.4. The minimum absolute atomic E-state index is 0.0832. The number of ether oxygens (including phenoxy) is 2. The largest absolute Gasteiger partial charge is 0.493 e. The van der Waals surface area contributed by atoms with Gasteiger partial charge in [0.2, 0.25) is 5.91 Å². The molecule has 0 spiro atoms. The molecule has 0 heterocycles. The van der Waals surface area contributed by atoms with Crippen molar-refractivity contribution in [2.24, 2.45) is 5.10 Å². The molecule has 0 atom stereocenters. The summed E-state index contributed by atoms with van der Waals surface area (Å²) in [5, 5.41) is 6.55. The predicted octanol–water partition coefficient (Wildman–Crippen LogP) is 4.97. The number of hydrazone groups is 1. The minimum atomic E-state index is -0.367. The molecule has 0 unspecified atom stereocenters. The van der Waals surface area contributed by atoms with E-state index < -0.39 is 0 Å². The van der Waals surface area contributed by atoms with Crippen LogP contribution in [-0.4, -0.2) is 38.8 Å². The summed E-state index contributed by atoms with van der Waals surface area (Å²) in [5.74, 6) is 0.737. The monoisotopic (exact) mass is 447 g/mol. The summed E-state index contributed by atoms with van der Waals surface area (Å²) in [7, 11) is 3.12. The molecule has 7 heteroatoms. The lowest BCUT2D eigenvalue weighted by Crippen LogP contribution is -2.34. The maximum atomic E-state index is 11.9. The van der Waals surface area contributed by atoms with E-state index in [1.807, 2.05) is 0 Å². The molecular formula is C25H41N3O4. The lowest BCUT2D eigenvalue weighted by Gasteiger charge is -2.07. The Hall–Kier alpha value is -2.57. The van der Waals surface area contributed by atoms with Crippen LogP contribution in [-0.2, 0) is 9.59 Å². The molecule has 0 aromatic heterocycles. The summed E-state index contributed by atoms with van der Waals surface area (Å²) in [6, 6.07) is 5.31. The van der Waals surface area contributed by atoms with Gasteiger partial charge in [-0.25, -0.2) is 5.43 Å². The number of unbranched alkanes of at least 4 members (excludes halogenated alkanes) is 10. The predicted molar refractivity (Wildman–Crippen MR) is 129 cm³/mol. The van der Waals surface area contributed by atoms with Gasteiger partial charge in [0, 0.05) is 6.42 Å². The summed E-state index contributed by atoms with van der Waals surface area (Å²) in [6.45, 7) is 2.16. The fourth-order valence-electron chi connectivity index (χ4n) is 3.37. The number of nitrogens with one attached hydrogen (secondary N) is 2. The van der Waals surface area contributed by atoms with Crippen LogP contribution < -0.4 is 20.2 Å². The quantitative estimate of drug-likeness (QED) is 0.189. The average molecular weight is 448 g/mol. The lowest BCUT2D eigenvalue weighted by molar-refractivity contribution is -0.126. The normalized spacial score (nSPS) is 10.8. The maximum Gasteiger partial charge on any atom is 0.259 e. The van der Waals surface area contributed by atoms with Gasteiger partial charge in [0.15, 0.2) is 11.5 Å². The molecule has 0 saturated carbocycles. The number of hydrogen-bond donors (Lipinski definition) is 2. The molecule has 2 N–H and O–H groups in total. The maximum absolute atomic E-state index is 11.9. The highest BCUT2D eigenvalue weighted by Gasteiger charge is 2.05. The average Bonchev–Trinajstić information content (AvgIpc) is 2.81. The van der Waals surface area contributed by atoms with Crippen LogP contribution in [0, 0.1) is 0 Å². The van der Waals surface area contributed by atoms with E-state index in [1.165, 1.54) is 64.0 Å². The molecule has 0 aliphatic heterocycles. The number of carbonyl (C=O) groups excluding carboxylic acids is 2. The molecule has 0 radical (unpaired) electrons. The van der Waals surface area contributed by atoms with Crippen molar-refractivity contribution in [3.05, 3.63) is 23.8 Å². The van der Waals surface area contributed by atoms with Gasteiger partial charge in [0.25, 0.3) is 5.91 Å². The van der Waals surface area contributed by atoms with Crippen LogP contribution in [0.2, 0.25) is 0 Å². The Bertz CT molecular complexity index is 692. The number of amides is 2. The van der Waals surface area contributed by atoms with Gasteiger partial charge in [0.1, 0.15) is 0 Å². The standard InChI is InChI=1S/C25H41N3O4/c1-4-5-6-7-8-9-10-11-12-13-14-15-24(29)26-20-25(30)28-27-19-21-16-17-22(31-2)23(18-21)32-3/h16-19H,4-15,20H2,1-3H3,(H,26,29)(H,28,30). The molecule has 0 bridgehead atoms. The molecule has 32 heavy (non-hydrogen) atoms. The van der Waals surface area contributed by atoms with E-state index in [4.69, 9.17) is 9.47 Å². The first kappa shape index (κ1) is 27.5. The molecule has 180 valence electrons. The van der Waals surface area contributed by atoms with Gasteiger partial charge in [0.05, 0.1) is 27.0 Å². The molecule has 2 amide bonds. The molecule has 1 aromatic rings. The zero-order valence-electron chi connectivity index (χ0n) is 20.1. The van der Waals surface area contributed by atoms with Gasteiger partial charge in [-0.2, -0.15) is 5.10 Å². The van der Waals surface area contributed by atoms with E-state index in [0.29, 0.717) is 17.9 Å². The van der Waals surface area contributed by atoms with Crippen LogP contribution in [0.25, 0.3) is 0 Å². The Kier molecular flexibility index (Phi) is 15.5. The number of methoxy groups -OCH3 is 2. The van der Waals surface area contributed by atoms with E-state index in [9.17, 15) is 9.59 Å². The van der Waals surface area contributed by atoms with Crippen LogP contribution >= 0.6 is 0 Å². The fourth-order valence-corrected chi connectivity index (χ4v) is 3.37. The molecule has 1 aromatic carbocycles. The summed E-state index contributed by atoms with van der Waals surface area (Å²) < 4.78 is 10.4. The van der Waals surface area contributed by atoms with Crippen molar-refractivity contribution in [3.63, 3.8) is 0 Å². The molecule has 0 aliphatic carbocycles. The summed E-state index contributed by atoms with van der Waals surface area (Å²) >= 11 is 0. The van der Waals surface area contributed by atoms with Crippen molar-refractivity contribution in [2.75, 3.05) is 20.8 Å². The highest BCUT2D eigenvalue weighted by molar-refractivity contribution is 5.86. The van der Waals surface area contributed by atoms with Gasteiger partial charge in [-0.1, -0.05) is 71.1 Å². The van der Waals surface area contributed by atoms with Crippen molar-refractivity contribution < 1.29 is 19.1 Å². The second-order valence-electron chi connectivity index (χ2n) is 7.97. The first-order chi connectivity index (χ1) is 15.6. The fraction of sp³-hybridized carbons (Fsp3) is 0.640. The van der Waals surface area contributed by atoms with E-state index in [1.54, 1.807) is 32.4 Å². The van der Waals surface area contributed by atoms with Crippen LogP contribution in [0.5, 0.6) is 11.5 Å². The van der Waals surface area contributed by atoms with E-state index in [-0.39, 0.29) is 18.4 Å². The third-order valence-electron chi connectivity index (χ3n) is 5.26. The zero-order valence-corrected chi connectivity index (χ0v) is 20.1. The highest BCUT2D eigenvalue weighted by Crippen LogP contribution is 2.26. The first-order valence-electron chi connectivity index (χ1n) is 11.9. The number of rotatable bonds is 18. The second-order valence-corrected chi connectivity index (χ2v) is 7.97. The molecule has 7 nitrogen and oxygen atoms in total. The molecule has 0 aliphatic rings. The highest BCUT2D eigenvalue weighted by atomic mass is 16.5. The van der Waals surface area contributed by atoms with Gasteiger partial charge < -0.3 is 14.8 Å². The van der Waals surface area contributed by atoms with Gasteiger partial charge in [-0.05, 0) is 30.2 Å². The summed E-state index contributed by atoms with van der Waals surface area (Å²) in [6.07, 6.45) is 15.7. The van der Waals surface area contributed by atoms with Crippen molar-refractivity contribution in [1.82, 2.24) is 10.7 Å². The third-order valence-corrected chi connectivity index (χ3v) is 5.26. The molecule has 1 rings (SSSR count). The number of nitrogens with zero attached hydrogens (tertiary/aromatic N) is 1. The second kappa shape index (κ2) is 18.0. The van der Waals surface area contributed by atoms with Crippen LogP contribution in [0.15, 0.2) is 23.3 Å². The minimum Gasteiger partial charge on any atom is -0.493 e. The topological polar surface area (TPSA) is 89.0 Å². The van der Waals surface area contributed by atoms with Crippen LogP contribution in [0.4, 0.5) is 0 Å². The first-order valence-corrected chi connectivity index (χ1v) is 11.9. The summed E-state index contributed by atoms with van der Waals surface area (Å²) in [4.78, 5) is 23.7. The Morgan fingerprint density at radius 1 is 0.844 bits per heavy atom. The SMILES string of the molecule is CCCCCCCCCCCCCC(=O)NCC(=O)NN=Cc1ccc(OC)c(OC)c1. The van der Waals surface area contributed by atoms with Crippen molar-refractivity contribution >= 4 is 18.0 Å². The molecule has 0 saturated heterocycles. The van der Waals surface area contributed by atoms with Crippen molar-refractivity contribution in [1.29, 1.82) is 0 Å². The van der Waals surface area contributed by atoms with Crippen molar-refractivity contribution in [3.8, 4) is 11.5 Å². The third kappa shape index (κ3) is 13.0. The van der Waals surface area contributed by atoms with Gasteiger partial charge >= 0.3 is 0 Å².